The first kappa shape index (κ1) is 11.9. The second-order valence-corrected chi connectivity index (χ2v) is 4.60. The number of hydrogen-bond acceptors (Lipinski definition) is 2. The number of benzene rings is 1. The minimum absolute atomic E-state index is 0.167. The third-order valence-corrected chi connectivity index (χ3v) is 3.34. The Morgan fingerprint density at radius 3 is 2.88 bits per heavy atom. The highest BCUT2D eigenvalue weighted by atomic mass is 19.1. The van der Waals surface area contributed by atoms with E-state index in [4.69, 9.17) is 5.73 Å². The lowest BCUT2D eigenvalue weighted by molar-refractivity contribution is -0.128. The van der Waals surface area contributed by atoms with Gasteiger partial charge >= 0.3 is 0 Å². The lowest BCUT2D eigenvalue weighted by Crippen LogP contribution is -2.25. The number of nitrogens with two attached hydrogens (primary N) is 1. The van der Waals surface area contributed by atoms with Gasteiger partial charge in [-0.05, 0) is 23.6 Å². The summed E-state index contributed by atoms with van der Waals surface area (Å²) in [6.07, 6.45) is 1.64. The number of carbonyl (C=O) groups excluding carboxylic acids is 1. The third kappa shape index (κ3) is 2.57. The van der Waals surface area contributed by atoms with Gasteiger partial charge in [0.2, 0.25) is 5.91 Å². The first-order valence-electron chi connectivity index (χ1n) is 5.91. The van der Waals surface area contributed by atoms with Crippen LogP contribution in [0.2, 0.25) is 0 Å². The minimum atomic E-state index is -0.342. The summed E-state index contributed by atoms with van der Waals surface area (Å²) in [6, 6.07) is 4.33. The maximum Gasteiger partial charge on any atom is 0.223 e. The molecule has 0 aliphatic carbocycles. The highest BCUT2D eigenvalue weighted by molar-refractivity contribution is 5.78. The topological polar surface area (TPSA) is 46.3 Å². The normalized spacial score (nSPS) is 20.0. The molecule has 0 bridgehead atoms. The van der Waals surface area contributed by atoms with E-state index in [9.17, 15) is 9.18 Å². The Morgan fingerprint density at radius 2 is 2.29 bits per heavy atom. The zero-order chi connectivity index (χ0) is 12.4. The van der Waals surface area contributed by atoms with Crippen LogP contribution in [0.15, 0.2) is 18.2 Å². The number of halogens is 1. The predicted molar refractivity (Wildman–Crippen MR) is 64.6 cm³/mol. The SMILES string of the molecule is CCC1CC(=O)N(Cc2ccc(F)cc2N)C1. The van der Waals surface area contributed by atoms with Gasteiger partial charge < -0.3 is 10.6 Å². The Balaban J connectivity index is 2.08. The fourth-order valence-corrected chi connectivity index (χ4v) is 2.20. The first-order chi connectivity index (χ1) is 8.10. The summed E-state index contributed by atoms with van der Waals surface area (Å²) in [5.74, 6) is 0.273. The highest BCUT2D eigenvalue weighted by Crippen LogP contribution is 2.24. The molecule has 2 rings (SSSR count). The van der Waals surface area contributed by atoms with Crippen molar-refractivity contribution >= 4 is 11.6 Å². The molecule has 1 aliphatic rings. The molecule has 1 unspecified atom stereocenters. The van der Waals surface area contributed by atoms with Crippen molar-refractivity contribution in [1.82, 2.24) is 4.90 Å². The second kappa shape index (κ2) is 4.73. The molecule has 2 N–H and O–H groups in total. The maximum absolute atomic E-state index is 12.9. The molecule has 1 aromatic rings. The van der Waals surface area contributed by atoms with Gasteiger partial charge in [0.25, 0.3) is 0 Å². The molecule has 1 saturated heterocycles. The van der Waals surface area contributed by atoms with Crippen LogP contribution in [-0.4, -0.2) is 17.4 Å². The highest BCUT2D eigenvalue weighted by Gasteiger charge is 2.28. The van der Waals surface area contributed by atoms with Crippen LogP contribution in [-0.2, 0) is 11.3 Å². The van der Waals surface area contributed by atoms with Crippen LogP contribution in [0.25, 0.3) is 0 Å². The Kier molecular flexibility index (Phi) is 3.31. The number of carbonyl (C=O) groups is 1. The van der Waals surface area contributed by atoms with Gasteiger partial charge in [-0.2, -0.15) is 0 Å². The molecule has 1 heterocycles. The monoisotopic (exact) mass is 236 g/mol. The second-order valence-electron chi connectivity index (χ2n) is 4.60. The number of rotatable bonds is 3. The van der Waals surface area contributed by atoms with Crippen LogP contribution < -0.4 is 5.73 Å². The lowest BCUT2D eigenvalue weighted by atomic mass is 10.1. The van der Waals surface area contributed by atoms with E-state index in [0.717, 1.165) is 18.5 Å². The Labute approximate surface area is 100 Å². The number of hydrogen-bond donors (Lipinski definition) is 1. The molecule has 92 valence electrons. The van der Waals surface area contributed by atoms with Gasteiger partial charge in [-0.25, -0.2) is 4.39 Å². The molecule has 1 amide bonds. The Morgan fingerprint density at radius 1 is 1.53 bits per heavy atom. The van der Waals surface area contributed by atoms with Crippen molar-refractivity contribution in [2.75, 3.05) is 12.3 Å². The molecular formula is C13H17FN2O. The standard InChI is InChI=1S/C13H17FN2O/c1-2-9-5-13(17)16(7-9)8-10-3-4-11(14)6-12(10)15/h3-4,6,9H,2,5,7-8,15H2,1H3. The number of nitrogens with zero attached hydrogens (tertiary/aromatic N) is 1. The predicted octanol–water partition coefficient (Wildman–Crippen LogP) is 2.17. The van der Waals surface area contributed by atoms with Crippen molar-refractivity contribution in [3.63, 3.8) is 0 Å². The molecule has 17 heavy (non-hydrogen) atoms. The van der Waals surface area contributed by atoms with Crippen LogP contribution in [0.4, 0.5) is 10.1 Å². The molecule has 0 spiro atoms. The molecule has 0 saturated carbocycles. The van der Waals surface area contributed by atoms with Gasteiger partial charge in [-0.3, -0.25) is 4.79 Å². The van der Waals surface area contributed by atoms with E-state index in [-0.39, 0.29) is 11.7 Å². The minimum Gasteiger partial charge on any atom is -0.398 e. The van der Waals surface area contributed by atoms with Crippen molar-refractivity contribution in [2.45, 2.75) is 26.3 Å². The van der Waals surface area contributed by atoms with Gasteiger partial charge in [0, 0.05) is 25.2 Å². The summed E-state index contributed by atoms with van der Waals surface area (Å²) >= 11 is 0. The van der Waals surface area contributed by atoms with E-state index in [1.807, 2.05) is 0 Å². The van der Waals surface area contributed by atoms with Gasteiger partial charge in [0.05, 0.1) is 0 Å². The van der Waals surface area contributed by atoms with Crippen LogP contribution in [0.1, 0.15) is 25.3 Å². The molecule has 4 heteroatoms. The van der Waals surface area contributed by atoms with Crippen molar-refractivity contribution in [1.29, 1.82) is 0 Å². The number of nitrogen functional groups attached to an aromatic ring is 1. The van der Waals surface area contributed by atoms with E-state index in [2.05, 4.69) is 6.92 Å². The average Bonchev–Trinajstić information content (AvgIpc) is 2.64. The quantitative estimate of drug-likeness (QED) is 0.817. The summed E-state index contributed by atoms with van der Waals surface area (Å²) in [5, 5.41) is 0. The van der Waals surface area contributed by atoms with Crippen molar-refractivity contribution in [2.24, 2.45) is 5.92 Å². The molecule has 3 nitrogen and oxygen atoms in total. The van der Waals surface area contributed by atoms with Crippen LogP contribution >= 0.6 is 0 Å². The van der Waals surface area contributed by atoms with Crippen molar-refractivity contribution in [3.05, 3.63) is 29.6 Å². The molecule has 1 aliphatic heterocycles. The Hall–Kier alpha value is -1.58. The van der Waals surface area contributed by atoms with Gasteiger partial charge in [-0.15, -0.1) is 0 Å². The van der Waals surface area contributed by atoms with Crippen LogP contribution in [0.3, 0.4) is 0 Å². The first-order valence-corrected chi connectivity index (χ1v) is 5.91. The summed E-state index contributed by atoms with van der Waals surface area (Å²) in [4.78, 5) is 13.5. The third-order valence-electron chi connectivity index (χ3n) is 3.34. The summed E-state index contributed by atoms with van der Waals surface area (Å²) in [7, 11) is 0. The molecule has 1 aromatic carbocycles. The van der Waals surface area contributed by atoms with Crippen LogP contribution in [0, 0.1) is 11.7 Å². The van der Waals surface area contributed by atoms with E-state index >= 15 is 0 Å². The fourth-order valence-electron chi connectivity index (χ4n) is 2.20. The van der Waals surface area contributed by atoms with Crippen molar-refractivity contribution < 1.29 is 9.18 Å². The zero-order valence-corrected chi connectivity index (χ0v) is 9.95. The average molecular weight is 236 g/mol. The Bertz CT molecular complexity index is 433. The summed E-state index contributed by atoms with van der Waals surface area (Å²) in [6.45, 7) is 3.36. The number of amides is 1. The van der Waals surface area contributed by atoms with E-state index in [0.29, 0.717) is 24.6 Å². The largest absolute Gasteiger partial charge is 0.398 e. The zero-order valence-electron chi connectivity index (χ0n) is 9.95. The van der Waals surface area contributed by atoms with Crippen LogP contribution in [0.5, 0.6) is 0 Å². The summed E-state index contributed by atoms with van der Waals surface area (Å²) in [5.41, 5.74) is 6.96. The van der Waals surface area contributed by atoms with E-state index < -0.39 is 0 Å². The molecular weight excluding hydrogens is 219 g/mol. The van der Waals surface area contributed by atoms with Crippen molar-refractivity contribution in [3.8, 4) is 0 Å². The molecule has 1 atom stereocenters. The smallest absolute Gasteiger partial charge is 0.223 e. The van der Waals surface area contributed by atoms with E-state index in [1.54, 1.807) is 11.0 Å². The number of likely N-dealkylation sites (tertiary alicyclic amines) is 1. The lowest BCUT2D eigenvalue weighted by Gasteiger charge is -2.17. The summed E-state index contributed by atoms with van der Waals surface area (Å²) < 4.78 is 12.9. The van der Waals surface area contributed by atoms with Gasteiger partial charge in [0.15, 0.2) is 0 Å². The maximum atomic E-state index is 12.9. The number of anilines is 1. The van der Waals surface area contributed by atoms with Gasteiger partial charge in [0.1, 0.15) is 5.82 Å². The van der Waals surface area contributed by atoms with Gasteiger partial charge in [-0.1, -0.05) is 19.4 Å². The molecule has 0 aromatic heterocycles. The van der Waals surface area contributed by atoms with E-state index in [1.165, 1.54) is 12.1 Å². The molecule has 0 radical (unpaired) electrons. The molecule has 1 fully saturated rings. The fraction of sp³-hybridized carbons (Fsp3) is 0.462.